The van der Waals surface area contributed by atoms with E-state index in [1.165, 1.54) is 0 Å². The molecule has 2 N–H and O–H groups in total. The second kappa shape index (κ2) is 6.15. The summed E-state index contributed by atoms with van der Waals surface area (Å²) in [6.07, 6.45) is 4.07. The number of para-hydroxylation sites is 1. The lowest BCUT2D eigenvalue weighted by molar-refractivity contribution is -0.119. The Labute approximate surface area is 124 Å². The first kappa shape index (κ1) is 13.9. The fourth-order valence-corrected chi connectivity index (χ4v) is 3.19. The van der Waals surface area contributed by atoms with Crippen molar-refractivity contribution in [1.29, 1.82) is 5.26 Å². The van der Waals surface area contributed by atoms with Crippen LogP contribution < -0.4 is 10.6 Å². The van der Waals surface area contributed by atoms with Crippen molar-refractivity contribution in [1.82, 2.24) is 10.2 Å². The highest BCUT2D eigenvalue weighted by molar-refractivity contribution is 5.93. The molecule has 1 unspecified atom stereocenters. The molecule has 110 valence electrons. The highest BCUT2D eigenvalue weighted by Gasteiger charge is 2.27. The van der Waals surface area contributed by atoms with E-state index in [2.05, 4.69) is 22.9 Å². The average molecular weight is 284 g/mol. The van der Waals surface area contributed by atoms with Crippen LogP contribution in [0.2, 0.25) is 0 Å². The van der Waals surface area contributed by atoms with Crippen LogP contribution in [0.25, 0.3) is 0 Å². The maximum Gasteiger partial charge on any atom is 0.228 e. The number of hydrogen-bond donors (Lipinski definition) is 2. The van der Waals surface area contributed by atoms with E-state index < -0.39 is 0 Å². The van der Waals surface area contributed by atoms with E-state index in [1.807, 2.05) is 18.2 Å². The Morgan fingerprint density at radius 1 is 1.38 bits per heavy atom. The van der Waals surface area contributed by atoms with Gasteiger partial charge in [0.05, 0.1) is 5.92 Å². The lowest BCUT2D eigenvalue weighted by Gasteiger charge is -2.17. The number of hydrogen-bond acceptors (Lipinski definition) is 4. The number of rotatable bonds is 3. The van der Waals surface area contributed by atoms with Gasteiger partial charge in [0.2, 0.25) is 5.91 Å². The van der Waals surface area contributed by atoms with Crippen molar-refractivity contribution in [2.45, 2.75) is 18.8 Å². The zero-order valence-corrected chi connectivity index (χ0v) is 12.0. The first-order valence-electron chi connectivity index (χ1n) is 7.53. The molecule has 2 aliphatic heterocycles. The third-order valence-corrected chi connectivity index (χ3v) is 4.42. The Hall–Kier alpha value is -2.06. The molecule has 2 saturated heterocycles. The zero-order valence-electron chi connectivity index (χ0n) is 12.0. The molecule has 1 aromatic carbocycles. The summed E-state index contributed by atoms with van der Waals surface area (Å²) in [6.45, 7) is 3.23. The van der Waals surface area contributed by atoms with Gasteiger partial charge in [0.15, 0.2) is 6.19 Å². The summed E-state index contributed by atoms with van der Waals surface area (Å²) in [7, 11) is 0. The van der Waals surface area contributed by atoms with Gasteiger partial charge in [-0.1, -0.05) is 18.2 Å². The molecule has 2 atom stereocenters. The molecule has 3 rings (SSSR count). The molecule has 0 saturated carbocycles. The molecule has 0 bridgehead atoms. The topological polar surface area (TPSA) is 68.2 Å². The third-order valence-electron chi connectivity index (χ3n) is 4.42. The maximum atomic E-state index is 12.3. The lowest BCUT2D eigenvalue weighted by Crippen LogP contribution is -2.25. The molecule has 2 fully saturated rings. The molecule has 1 aromatic rings. The van der Waals surface area contributed by atoms with Gasteiger partial charge in [0.1, 0.15) is 0 Å². The van der Waals surface area contributed by atoms with E-state index in [9.17, 15) is 4.79 Å². The van der Waals surface area contributed by atoms with Crippen molar-refractivity contribution in [3.8, 4) is 6.19 Å². The number of nitrogens with one attached hydrogen (secondary N) is 2. The van der Waals surface area contributed by atoms with Crippen molar-refractivity contribution in [2.24, 2.45) is 5.92 Å². The van der Waals surface area contributed by atoms with Crippen molar-refractivity contribution in [3.05, 3.63) is 29.8 Å². The molecule has 0 radical (unpaired) electrons. The second-order valence-corrected chi connectivity index (χ2v) is 5.80. The van der Waals surface area contributed by atoms with Gasteiger partial charge in [-0.2, -0.15) is 5.26 Å². The maximum absolute atomic E-state index is 12.3. The monoisotopic (exact) mass is 284 g/mol. The minimum atomic E-state index is 0.0669. The summed E-state index contributed by atoms with van der Waals surface area (Å²) >= 11 is 0. The fraction of sp³-hybridized carbons (Fsp3) is 0.500. The highest BCUT2D eigenvalue weighted by Crippen LogP contribution is 2.32. The van der Waals surface area contributed by atoms with Crippen LogP contribution in [0.5, 0.6) is 0 Å². The highest BCUT2D eigenvalue weighted by atomic mass is 16.1. The Balaban J connectivity index is 1.74. The normalized spacial score (nSPS) is 24.8. The van der Waals surface area contributed by atoms with Crippen molar-refractivity contribution >= 4 is 11.6 Å². The number of nitriles is 1. The van der Waals surface area contributed by atoms with Crippen LogP contribution in [-0.2, 0) is 4.79 Å². The number of anilines is 1. The van der Waals surface area contributed by atoms with Gasteiger partial charge >= 0.3 is 0 Å². The van der Waals surface area contributed by atoms with Crippen LogP contribution in [0.3, 0.4) is 0 Å². The van der Waals surface area contributed by atoms with Gasteiger partial charge in [-0.15, -0.1) is 0 Å². The molecule has 5 heteroatoms. The fourth-order valence-electron chi connectivity index (χ4n) is 3.19. The van der Waals surface area contributed by atoms with Crippen LogP contribution in [-0.4, -0.2) is 37.0 Å². The number of carbonyl (C=O) groups is 1. The average Bonchev–Trinajstić information content (AvgIpc) is 3.19. The van der Waals surface area contributed by atoms with Crippen LogP contribution in [0.1, 0.15) is 24.3 Å². The molecule has 2 aliphatic rings. The Morgan fingerprint density at radius 3 is 2.95 bits per heavy atom. The number of carbonyl (C=O) groups excluding carboxylic acids is 1. The first-order valence-corrected chi connectivity index (χ1v) is 7.53. The van der Waals surface area contributed by atoms with E-state index in [4.69, 9.17) is 5.26 Å². The van der Waals surface area contributed by atoms with Crippen LogP contribution in [0, 0.1) is 17.4 Å². The quantitative estimate of drug-likeness (QED) is 0.826. The molecule has 1 amide bonds. The van der Waals surface area contributed by atoms with Gasteiger partial charge in [-0.05, 0) is 31.0 Å². The van der Waals surface area contributed by atoms with Crippen LogP contribution in [0.4, 0.5) is 5.69 Å². The standard InChI is InChI=1S/C16H20N4O/c17-11-20-8-6-13(10-20)14-3-1-2-4-15(14)19-16(21)12-5-7-18-9-12/h1-4,12-13,18H,5-10H2,(H,19,21)/t12?,13-/m0/s1. The largest absolute Gasteiger partial charge is 0.326 e. The molecule has 2 heterocycles. The van der Waals surface area contributed by atoms with Crippen LogP contribution in [0.15, 0.2) is 24.3 Å². The summed E-state index contributed by atoms with van der Waals surface area (Å²) in [5.74, 6) is 0.489. The Morgan fingerprint density at radius 2 is 2.24 bits per heavy atom. The third kappa shape index (κ3) is 3.01. The summed E-state index contributed by atoms with van der Waals surface area (Å²) < 4.78 is 0. The number of nitrogens with zero attached hydrogens (tertiary/aromatic N) is 2. The summed E-state index contributed by atoms with van der Waals surface area (Å²) in [6, 6.07) is 7.97. The van der Waals surface area contributed by atoms with Gasteiger partial charge in [-0.3, -0.25) is 4.79 Å². The SMILES string of the molecule is N#CN1CC[C@H](c2ccccc2NC(=O)C2CCNC2)C1. The number of benzene rings is 1. The summed E-state index contributed by atoms with van der Waals surface area (Å²) in [5, 5.41) is 15.3. The molecular weight excluding hydrogens is 264 g/mol. The smallest absolute Gasteiger partial charge is 0.228 e. The predicted molar refractivity (Wildman–Crippen MR) is 80.6 cm³/mol. The Bertz CT molecular complexity index is 560. The summed E-state index contributed by atoms with van der Waals surface area (Å²) in [5.41, 5.74) is 2.05. The number of likely N-dealkylation sites (tertiary alicyclic amines) is 1. The molecule has 0 aliphatic carbocycles. The van der Waals surface area contributed by atoms with Crippen molar-refractivity contribution in [3.63, 3.8) is 0 Å². The first-order chi connectivity index (χ1) is 10.3. The van der Waals surface area contributed by atoms with E-state index in [-0.39, 0.29) is 11.8 Å². The van der Waals surface area contributed by atoms with Gasteiger partial charge in [-0.25, -0.2) is 0 Å². The predicted octanol–water partition coefficient (Wildman–Crippen LogP) is 1.50. The van der Waals surface area contributed by atoms with E-state index in [1.54, 1.807) is 4.90 Å². The minimum Gasteiger partial charge on any atom is -0.326 e. The second-order valence-electron chi connectivity index (χ2n) is 5.80. The van der Waals surface area contributed by atoms with Gasteiger partial charge in [0.25, 0.3) is 0 Å². The minimum absolute atomic E-state index is 0.0669. The molecule has 0 spiro atoms. The van der Waals surface area contributed by atoms with E-state index in [0.29, 0.717) is 5.92 Å². The van der Waals surface area contributed by atoms with Gasteiger partial charge < -0.3 is 15.5 Å². The van der Waals surface area contributed by atoms with Gasteiger partial charge in [0, 0.05) is 31.2 Å². The molecule has 21 heavy (non-hydrogen) atoms. The van der Waals surface area contributed by atoms with Crippen molar-refractivity contribution in [2.75, 3.05) is 31.5 Å². The van der Waals surface area contributed by atoms with Crippen molar-refractivity contribution < 1.29 is 4.79 Å². The zero-order chi connectivity index (χ0) is 14.7. The molecule has 0 aromatic heterocycles. The lowest BCUT2D eigenvalue weighted by atomic mass is 9.96. The summed E-state index contributed by atoms with van der Waals surface area (Å²) in [4.78, 5) is 14.1. The van der Waals surface area contributed by atoms with E-state index in [0.717, 1.165) is 50.3 Å². The Kier molecular flexibility index (Phi) is 4.07. The number of amides is 1. The van der Waals surface area contributed by atoms with E-state index >= 15 is 0 Å². The van der Waals surface area contributed by atoms with Crippen LogP contribution >= 0.6 is 0 Å². The molecular formula is C16H20N4O. The molecule has 5 nitrogen and oxygen atoms in total.